The Balaban J connectivity index is 0. The Morgan fingerprint density at radius 2 is 2.00 bits per heavy atom. The molecule has 0 heterocycles. The minimum absolute atomic E-state index is 0. The largest absolute Gasteiger partial charge is 0.466 e. The summed E-state index contributed by atoms with van der Waals surface area (Å²) in [6.45, 7) is 4.07. The predicted molar refractivity (Wildman–Crippen MR) is 26.9 cm³/mol. The Labute approximate surface area is 62.4 Å². The Bertz CT molecular complexity index is 63.4. The molecule has 0 bridgehead atoms. The fourth-order valence-electron chi connectivity index (χ4n) is 0.263. The number of hydrogen-bond donors (Lipinski definition) is 0. The summed E-state index contributed by atoms with van der Waals surface area (Å²) in [5, 5.41) is 0. The van der Waals surface area contributed by atoms with Crippen molar-refractivity contribution in [2.75, 3.05) is 6.61 Å². The summed E-state index contributed by atoms with van der Waals surface area (Å²) in [6, 6.07) is 0. The molecule has 44 valence electrons. The van der Waals surface area contributed by atoms with E-state index in [1.807, 2.05) is 0 Å². The van der Waals surface area contributed by atoms with Crippen molar-refractivity contribution in [1.29, 1.82) is 0 Å². The molecule has 3 heteroatoms. The van der Waals surface area contributed by atoms with Crippen LogP contribution in [0.25, 0.3) is 0 Å². The first-order valence-corrected chi connectivity index (χ1v) is 2.46. The normalized spacial score (nSPS) is 7.25. The molecule has 0 saturated carbocycles. The van der Waals surface area contributed by atoms with Crippen molar-refractivity contribution < 1.29 is 29.0 Å². The van der Waals surface area contributed by atoms with Gasteiger partial charge in [0, 0.05) is 25.9 Å². The van der Waals surface area contributed by atoms with E-state index in [0.29, 0.717) is 13.0 Å². The molecule has 0 N–H and O–H groups in total. The molecular weight excluding hydrogens is 157 g/mol. The average molecular weight is 168 g/mol. The van der Waals surface area contributed by atoms with Crippen LogP contribution in [0.15, 0.2) is 0 Å². The zero-order valence-electron chi connectivity index (χ0n) is 5.44. The van der Waals surface area contributed by atoms with E-state index in [4.69, 9.17) is 0 Å². The van der Waals surface area contributed by atoms with Gasteiger partial charge in [-0.15, -0.1) is 0 Å². The van der Waals surface area contributed by atoms with Gasteiger partial charge in [0.2, 0.25) is 0 Å². The molecule has 0 aliphatic heterocycles. The van der Waals surface area contributed by atoms with E-state index in [2.05, 4.69) is 4.74 Å². The van der Waals surface area contributed by atoms with Gasteiger partial charge >= 0.3 is 5.97 Å². The van der Waals surface area contributed by atoms with Crippen LogP contribution in [0.2, 0.25) is 0 Å². The number of hydrogen-bond acceptors (Lipinski definition) is 2. The summed E-state index contributed by atoms with van der Waals surface area (Å²) in [5.41, 5.74) is 0. The van der Waals surface area contributed by atoms with Gasteiger partial charge in [0.15, 0.2) is 0 Å². The zero-order chi connectivity index (χ0) is 5.70. The molecule has 0 spiro atoms. The molecule has 0 saturated heterocycles. The second kappa shape index (κ2) is 7.09. The van der Waals surface area contributed by atoms with Gasteiger partial charge in [-0.05, 0) is 6.92 Å². The van der Waals surface area contributed by atoms with Crippen LogP contribution in [0.1, 0.15) is 20.3 Å². The molecule has 0 rings (SSSR count). The summed E-state index contributed by atoms with van der Waals surface area (Å²) in [6.07, 6.45) is 0.480. The third-order valence-electron chi connectivity index (χ3n) is 0.594. The molecule has 0 aliphatic rings. The van der Waals surface area contributed by atoms with Gasteiger partial charge in [0.1, 0.15) is 0 Å². The van der Waals surface area contributed by atoms with E-state index >= 15 is 0 Å². The molecule has 0 aromatic heterocycles. The first kappa shape index (κ1) is 11.0. The first-order valence-electron chi connectivity index (χ1n) is 2.46. The van der Waals surface area contributed by atoms with Crippen LogP contribution >= 0.6 is 0 Å². The molecule has 0 radical (unpaired) electrons. The van der Waals surface area contributed by atoms with Crippen LogP contribution in [-0.4, -0.2) is 12.6 Å². The van der Waals surface area contributed by atoms with Crippen LogP contribution in [0.4, 0.5) is 0 Å². The fourth-order valence-corrected chi connectivity index (χ4v) is 0.263. The van der Waals surface area contributed by atoms with E-state index in [0.717, 1.165) is 0 Å². The number of rotatable bonds is 2. The van der Waals surface area contributed by atoms with Crippen molar-refractivity contribution in [3.8, 4) is 0 Å². The molecule has 0 unspecified atom stereocenters. The Kier molecular flexibility index (Phi) is 9.72. The SMILES string of the molecule is CCOC(=O)CC.[Zn]. The smallest absolute Gasteiger partial charge is 0.305 e. The maximum absolute atomic E-state index is 10.2. The van der Waals surface area contributed by atoms with E-state index in [9.17, 15) is 4.79 Å². The Morgan fingerprint density at radius 3 is 2.12 bits per heavy atom. The zero-order valence-corrected chi connectivity index (χ0v) is 8.40. The molecule has 0 atom stereocenters. The molecule has 2 nitrogen and oxygen atoms in total. The van der Waals surface area contributed by atoms with Crippen LogP contribution in [-0.2, 0) is 29.0 Å². The minimum Gasteiger partial charge on any atom is -0.466 e. The maximum atomic E-state index is 10.2. The van der Waals surface area contributed by atoms with Crippen molar-refractivity contribution in [2.45, 2.75) is 20.3 Å². The first-order chi connectivity index (χ1) is 3.31. The Morgan fingerprint density at radius 1 is 1.50 bits per heavy atom. The summed E-state index contributed by atoms with van der Waals surface area (Å²) < 4.78 is 4.55. The summed E-state index contributed by atoms with van der Waals surface area (Å²) in [4.78, 5) is 10.2. The van der Waals surface area contributed by atoms with E-state index in [1.165, 1.54) is 0 Å². The third kappa shape index (κ3) is 6.09. The van der Waals surface area contributed by atoms with Crippen molar-refractivity contribution in [3.63, 3.8) is 0 Å². The quantitative estimate of drug-likeness (QED) is 0.452. The number of carbonyl (C=O) groups is 1. The molecular formula is C5H10O2Zn. The van der Waals surface area contributed by atoms with Crippen LogP contribution < -0.4 is 0 Å². The van der Waals surface area contributed by atoms with Gasteiger partial charge in [0.25, 0.3) is 0 Å². The summed E-state index contributed by atoms with van der Waals surface area (Å²) >= 11 is 0. The molecule has 0 aliphatic carbocycles. The van der Waals surface area contributed by atoms with Crippen LogP contribution in [0.3, 0.4) is 0 Å². The predicted octanol–water partition coefficient (Wildman–Crippen LogP) is 0.957. The molecule has 0 aromatic carbocycles. The average Bonchev–Trinajstić information content (AvgIpc) is 1.68. The fraction of sp³-hybridized carbons (Fsp3) is 0.800. The molecule has 0 amide bonds. The van der Waals surface area contributed by atoms with E-state index < -0.39 is 0 Å². The molecule has 0 fully saturated rings. The second-order valence-corrected chi connectivity index (χ2v) is 1.16. The van der Waals surface area contributed by atoms with Gasteiger partial charge in [-0.2, -0.15) is 0 Å². The second-order valence-electron chi connectivity index (χ2n) is 1.16. The monoisotopic (exact) mass is 166 g/mol. The van der Waals surface area contributed by atoms with Crippen molar-refractivity contribution in [2.24, 2.45) is 0 Å². The van der Waals surface area contributed by atoms with Gasteiger partial charge in [-0.25, -0.2) is 0 Å². The Hall–Kier alpha value is 0.0934. The maximum Gasteiger partial charge on any atom is 0.305 e. The van der Waals surface area contributed by atoms with Crippen molar-refractivity contribution in [3.05, 3.63) is 0 Å². The summed E-state index contributed by atoms with van der Waals surface area (Å²) in [7, 11) is 0. The molecule has 0 aromatic rings. The van der Waals surface area contributed by atoms with E-state index in [-0.39, 0.29) is 25.4 Å². The summed E-state index contributed by atoms with van der Waals surface area (Å²) in [5.74, 6) is -0.123. The minimum atomic E-state index is -0.123. The number of esters is 1. The van der Waals surface area contributed by atoms with E-state index in [1.54, 1.807) is 13.8 Å². The number of ether oxygens (including phenoxy) is 1. The topological polar surface area (TPSA) is 26.3 Å². The van der Waals surface area contributed by atoms with Gasteiger partial charge in [-0.1, -0.05) is 6.92 Å². The van der Waals surface area contributed by atoms with Crippen molar-refractivity contribution in [1.82, 2.24) is 0 Å². The number of carbonyl (C=O) groups excluding carboxylic acids is 1. The van der Waals surface area contributed by atoms with Crippen LogP contribution in [0.5, 0.6) is 0 Å². The van der Waals surface area contributed by atoms with Gasteiger partial charge in [0.05, 0.1) is 6.61 Å². The van der Waals surface area contributed by atoms with Gasteiger partial charge in [-0.3, -0.25) is 4.79 Å². The van der Waals surface area contributed by atoms with Gasteiger partial charge < -0.3 is 4.74 Å². The third-order valence-corrected chi connectivity index (χ3v) is 0.594. The standard InChI is InChI=1S/C5H10O2.Zn/c1-3-5(6)7-4-2;/h3-4H2,1-2H3;. The molecule has 8 heavy (non-hydrogen) atoms. The van der Waals surface area contributed by atoms with Crippen LogP contribution in [0, 0.1) is 0 Å². The van der Waals surface area contributed by atoms with Crippen molar-refractivity contribution >= 4 is 5.97 Å².